The highest BCUT2D eigenvalue weighted by Crippen LogP contribution is 2.13. The summed E-state index contributed by atoms with van der Waals surface area (Å²) >= 11 is 0. The van der Waals surface area contributed by atoms with Gasteiger partial charge in [-0.3, -0.25) is 9.98 Å². The standard InChI is InChI=1S/C18H24FN5O3S/c1-14(27-16-6-3-5-15(19)11-16)12-23-18(20-2)22-9-10-24-28(25,26)17-7-4-8-21-13-17/h3-8,11,13-14,24H,9-10,12H2,1-2H3,(H2,20,22,23). The first-order valence-corrected chi connectivity index (χ1v) is 10.2. The van der Waals surface area contributed by atoms with Crippen LogP contribution in [-0.4, -0.2) is 52.1 Å². The van der Waals surface area contributed by atoms with Crippen LogP contribution in [0.5, 0.6) is 5.75 Å². The molecule has 0 amide bonds. The molecule has 0 saturated carbocycles. The quantitative estimate of drug-likeness (QED) is 0.326. The fourth-order valence-electron chi connectivity index (χ4n) is 2.23. The second kappa shape index (κ2) is 10.6. The summed E-state index contributed by atoms with van der Waals surface area (Å²) in [7, 11) is -1.99. The molecule has 3 N–H and O–H groups in total. The number of pyridine rings is 1. The van der Waals surface area contributed by atoms with Crippen molar-refractivity contribution in [3.63, 3.8) is 0 Å². The van der Waals surface area contributed by atoms with Gasteiger partial charge in [0.1, 0.15) is 22.6 Å². The number of hydrogen-bond acceptors (Lipinski definition) is 5. The Morgan fingerprint density at radius 1 is 1.25 bits per heavy atom. The molecule has 1 aromatic carbocycles. The van der Waals surface area contributed by atoms with E-state index in [2.05, 4.69) is 25.3 Å². The second-order valence-electron chi connectivity index (χ2n) is 5.85. The third-order valence-electron chi connectivity index (χ3n) is 3.57. The number of aliphatic imine (C=N–C) groups is 1. The summed E-state index contributed by atoms with van der Waals surface area (Å²) in [5, 5.41) is 6.07. The van der Waals surface area contributed by atoms with Crippen molar-refractivity contribution < 1.29 is 17.5 Å². The molecule has 0 aliphatic rings. The fraction of sp³-hybridized carbons (Fsp3) is 0.333. The zero-order chi connectivity index (χ0) is 20.4. The Bertz CT molecular complexity index is 878. The predicted molar refractivity (Wildman–Crippen MR) is 105 cm³/mol. The van der Waals surface area contributed by atoms with Gasteiger partial charge in [0.25, 0.3) is 0 Å². The van der Waals surface area contributed by atoms with E-state index in [-0.39, 0.29) is 23.4 Å². The van der Waals surface area contributed by atoms with E-state index in [9.17, 15) is 12.8 Å². The molecule has 0 bridgehead atoms. The Hall–Kier alpha value is -2.72. The highest BCUT2D eigenvalue weighted by Gasteiger charge is 2.13. The van der Waals surface area contributed by atoms with Gasteiger partial charge in [-0.05, 0) is 31.2 Å². The highest BCUT2D eigenvalue weighted by molar-refractivity contribution is 7.89. The van der Waals surface area contributed by atoms with Crippen LogP contribution in [0.25, 0.3) is 0 Å². The van der Waals surface area contributed by atoms with E-state index >= 15 is 0 Å². The molecule has 8 nitrogen and oxygen atoms in total. The summed E-state index contributed by atoms with van der Waals surface area (Å²) in [6.07, 6.45) is 2.57. The minimum atomic E-state index is -3.59. The van der Waals surface area contributed by atoms with Crippen LogP contribution in [0.4, 0.5) is 4.39 Å². The van der Waals surface area contributed by atoms with Crippen molar-refractivity contribution >= 4 is 16.0 Å². The largest absolute Gasteiger partial charge is 0.489 e. The van der Waals surface area contributed by atoms with Crippen LogP contribution in [0, 0.1) is 5.82 Å². The molecule has 1 aromatic heterocycles. The van der Waals surface area contributed by atoms with Crippen molar-refractivity contribution in [2.45, 2.75) is 17.9 Å². The Labute approximate surface area is 164 Å². The molecule has 10 heteroatoms. The molecular weight excluding hydrogens is 385 g/mol. The maximum atomic E-state index is 13.2. The van der Waals surface area contributed by atoms with Crippen molar-refractivity contribution in [2.75, 3.05) is 26.7 Å². The topological polar surface area (TPSA) is 105 Å². The van der Waals surface area contributed by atoms with Gasteiger partial charge < -0.3 is 15.4 Å². The van der Waals surface area contributed by atoms with Gasteiger partial charge in [-0.15, -0.1) is 0 Å². The van der Waals surface area contributed by atoms with Gasteiger partial charge >= 0.3 is 0 Å². The first-order chi connectivity index (χ1) is 13.4. The Morgan fingerprint density at radius 2 is 2.07 bits per heavy atom. The molecule has 1 unspecified atom stereocenters. The number of ether oxygens (including phenoxy) is 1. The van der Waals surface area contributed by atoms with E-state index in [4.69, 9.17) is 4.74 Å². The van der Waals surface area contributed by atoms with Crippen LogP contribution in [0.1, 0.15) is 6.92 Å². The lowest BCUT2D eigenvalue weighted by Crippen LogP contribution is -2.44. The number of rotatable bonds is 9. The van der Waals surface area contributed by atoms with Crippen LogP contribution in [0.2, 0.25) is 0 Å². The Kier molecular flexibility index (Phi) is 8.15. The van der Waals surface area contributed by atoms with Gasteiger partial charge in [-0.25, -0.2) is 17.5 Å². The molecule has 1 atom stereocenters. The van der Waals surface area contributed by atoms with Gasteiger partial charge in [0.15, 0.2) is 5.96 Å². The maximum Gasteiger partial charge on any atom is 0.242 e. The molecule has 0 spiro atoms. The number of nitrogens with one attached hydrogen (secondary N) is 3. The number of sulfonamides is 1. The van der Waals surface area contributed by atoms with Crippen molar-refractivity contribution in [3.05, 3.63) is 54.6 Å². The fourth-order valence-corrected chi connectivity index (χ4v) is 3.23. The van der Waals surface area contributed by atoms with E-state index in [1.54, 1.807) is 25.2 Å². The number of benzene rings is 1. The van der Waals surface area contributed by atoms with Gasteiger partial charge in [-0.1, -0.05) is 6.07 Å². The minimum Gasteiger partial charge on any atom is -0.489 e. The monoisotopic (exact) mass is 409 g/mol. The van der Waals surface area contributed by atoms with Crippen molar-refractivity contribution in [1.29, 1.82) is 0 Å². The second-order valence-corrected chi connectivity index (χ2v) is 7.62. The highest BCUT2D eigenvalue weighted by atomic mass is 32.2. The number of hydrogen-bond donors (Lipinski definition) is 3. The SMILES string of the molecule is CN=C(NCCNS(=O)(=O)c1cccnc1)NCC(C)Oc1cccc(F)c1. The van der Waals surface area contributed by atoms with Gasteiger partial charge in [-0.2, -0.15) is 0 Å². The molecule has 0 aliphatic heterocycles. The maximum absolute atomic E-state index is 13.2. The lowest BCUT2D eigenvalue weighted by atomic mass is 10.3. The molecular formula is C18H24FN5O3S. The van der Waals surface area contributed by atoms with Crippen molar-refractivity contribution in [2.24, 2.45) is 4.99 Å². The van der Waals surface area contributed by atoms with Crippen LogP contribution < -0.4 is 20.1 Å². The van der Waals surface area contributed by atoms with Gasteiger partial charge in [0.05, 0.1) is 6.54 Å². The molecule has 2 rings (SSSR count). The number of guanidine groups is 1. The van der Waals surface area contributed by atoms with E-state index in [1.165, 1.54) is 30.6 Å². The van der Waals surface area contributed by atoms with Crippen LogP contribution in [0.3, 0.4) is 0 Å². The first-order valence-electron chi connectivity index (χ1n) is 8.67. The summed E-state index contributed by atoms with van der Waals surface area (Å²) < 4.78 is 45.5. The van der Waals surface area contributed by atoms with E-state index < -0.39 is 10.0 Å². The minimum absolute atomic E-state index is 0.112. The lowest BCUT2D eigenvalue weighted by Gasteiger charge is -2.18. The Morgan fingerprint density at radius 3 is 2.75 bits per heavy atom. The predicted octanol–water partition coefficient (Wildman–Crippen LogP) is 1.13. The summed E-state index contributed by atoms with van der Waals surface area (Å²) in [5.41, 5.74) is 0. The summed E-state index contributed by atoms with van der Waals surface area (Å²) in [5.74, 6) is 0.584. The normalized spacial score (nSPS) is 13.0. The van der Waals surface area contributed by atoms with E-state index in [1.807, 2.05) is 6.92 Å². The summed E-state index contributed by atoms with van der Waals surface area (Å²) in [4.78, 5) is 7.98. The third kappa shape index (κ3) is 7.12. The van der Waals surface area contributed by atoms with E-state index in [0.717, 1.165) is 0 Å². The molecule has 1 heterocycles. The van der Waals surface area contributed by atoms with Crippen LogP contribution in [-0.2, 0) is 10.0 Å². The molecule has 0 aliphatic carbocycles. The Balaban J connectivity index is 1.71. The average molecular weight is 409 g/mol. The molecule has 0 radical (unpaired) electrons. The molecule has 28 heavy (non-hydrogen) atoms. The van der Waals surface area contributed by atoms with Crippen LogP contribution >= 0.6 is 0 Å². The van der Waals surface area contributed by atoms with E-state index in [0.29, 0.717) is 24.8 Å². The molecule has 0 fully saturated rings. The van der Waals surface area contributed by atoms with Gasteiger partial charge in [0, 0.05) is 38.6 Å². The number of nitrogens with zero attached hydrogens (tertiary/aromatic N) is 2. The first kappa shape index (κ1) is 21.6. The summed E-state index contributed by atoms with van der Waals surface area (Å²) in [6.45, 7) is 2.77. The molecule has 2 aromatic rings. The lowest BCUT2D eigenvalue weighted by molar-refractivity contribution is 0.223. The third-order valence-corrected chi connectivity index (χ3v) is 5.01. The number of aromatic nitrogens is 1. The van der Waals surface area contributed by atoms with Crippen LogP contribution in [0.15, 0.2) is 58.7 Å². The van der Waals surface area contributed by atoms with Crippen molar-refractivity contribution in [1.82, 2.24) is 20.3 Å². The van der Waals surface area contributed by atoms with Gasteiger partial charge in [0.2, 0.25) is 10.0 Å². The average Bonchev–Trinajstić information content (AvgIpc) is 2.68. The zero-order valence-electron chi connectivity index (χ0n) is 15.7. The smallest absolute Gasteiger partial charge is 0.242 e. The molecule has 0 saturated heterocycles. The number of halogens is 1. The van der Waals surface area contributed by atoms with Crippen molar-refractivity contribution in [3.8, 4) is 5.75 Å². The zero-order valence-corrected chi connectivity index (χ0v) is 16.5. The molecule has 152 valence electrons. The summed E-state index contributed by atoms with van der Waals surface area (Å²) in [6, 6.07) is 8.97.